The molecule has 1 heterocycles. The van der Waals surface area contributed by atoms with Gasteiger partial charge in [0, 0.05) is 6.04 Å². The van der Waals surface area contributed by atoms with Gasteiger partial charge >= 0.3 is 0 Å². The molecule has 1 aromatic rings. The zero-order valence-electron chi connectivity index (χ0n) is 10.9. The number of halogens is 1. The lowest BCUT2D eigenvalue weighted by atomic mass is 9.84. The fraction of sp³-hybridized carbons (Fsp3) is 0.615. The lowest BCUT2D eigenvalue weighted by Gasteiger charge is -2.28. The monoisotopic (exact) mass is 283 g/mol. The number of anilines is 1. The fourth-order valence-electron chi connectivity index (χ4n) is 2.59. The van der Waals surface area contributed by atoms with Crippen LogP contribution in [0.2, 0.25) is 5.15 Å². The zero-order chi connectivity index (χ0) is 13.8. The van der Waals surface area contributed by atoms with Crippen molar-refractivity contribution < 1.29 is 4.92 Å². The molecule has 1 aliphatic rings. The predicted molar refractivity (Wildman–Crippen MR) is 75.6 cm³/mol. The van der Waals surface area contributed by atoms with Crippen LogP contribution in [0, 0.1) is 16.0 Å². The molecule has 1 aromatic heterocycles. The van der Waals surface area contributed by atoms with Crippen molar-refractivity contribution in [2.75, 3.05) is 5.32 Å². The van der Waals surface area contributed by atoms with E-state index in [2.05, 4.69) is 17.2 Å². The van der Waals surface area contributed by atoms with Crippen LogP contribution in [0.3, 0.4) is 0 Å². The van der Waals surface area contributed by atoms with E-state index in [-0.39, 0.29) is 10.8 Å². The molecular weight excluding hydrogens is 266 g/mol. The van der Waals surface area contributed by atoms with Gasteiger partial charge in [0.1, 0.15) is 11.0 Å². The van der Waals surface area contributed by atoms with Gasteiger partial charge in [-0.2, -0.15) is 0 Å². The number of pyridine rings is 1. The van der Waals surface area contributed by atoms with Crippen molar-refractivity contribution in [2.45, 2.75) is 45.1 Å². The molecule has 1 N–H and O–H groups in total. The Morgan fingerprint density at radius 1 is 1.42 bits per heavy atom. The number of hydrogen-bond donors (Lipinski definition) is 1. The van der Waals surface area contributed by atoms with Gasteiger partial charge in [0.15, 0.2) is 0 Å². The molecule has 6 heteroatoms. The second-order valence-corrected chi connectivity index (χ2v) is 5.45. The molecule has 1 aliphatic carbocycles. The minimum atomic E-state index is -0.452. The molecule has 104 valence electrons. The van der Waals surface area contributed by atoms with Crippen LogP contribution >= 0.6 is 11.6 Å². The van der Waals surface area contributed by atoms with Crippen LogP contribution in [-0.2, 0) is 0 Å². The van der Waals surface area contributed by atoms with Crippen LogP contribution < -0.4 is 5.32 Å². The summed E-state index contributed by atoms with van der Waals surface area (Å²) in [5, 5.41) is 14.2. The van der Waals surface area contributed by atoms with E-state index in [4.69, 9.17) is 11.6 Å². The highest BCUT2D eigenvalue weighted by molar-refractivity contribution is 6.29. The highest BCUT2D eigenvalue weighted by Crippen LogP contribution is 2.29. The Morgan fingerprint density at radius 3 is 2.68 bits per heavy atom. The van der Waals surface area contributed by atoms with Crippen LogP contribution in [0.5, 0.6) is 0 Å². The van der Waals surface area contributed by atoms with Crippen LogP contribution in [0.4, 0.5) is 11.5 Å². The van der Waals surface area contributed by atoms with E-state index >= 15 is 0 Å². The van der Waals surface area contributed by atoms with Gasteiger partial charge < -0.3 is 5.32 Å². The summed E-state index contributed by atoms with van der Waals surface area (Å²) in [7, 11) is 0. The Kier molecular flexibility index (Phi) is 4.58. The third kappa shape index (κ3) is 3.80. The van der Waals surface area contributed by atoms with Gasteiger partial charge in [0.25, 0.3) is 5.69 Å². The molecule has 1 saturated carbocycles. The molecule has 0 aliphatic heterocycles. The summed E-state index contributed by atoms with van der Waals surface area (Å²) in [6.45, 7) is 2.22. The topological polar surface area (TPSA) is 68.1 Å². The summed E-state index contributed by atoms with van der Waals surface area (Å²) in [5.41, 5.74) is -0.0234. The SMILES string of the molecule is CCC1CCC(Nc2cc([N+](=O)[O-])cc(Cl)n2)CC1. The lowest BCUT2D eigenvalue weighted by Crippen LogP contribution is -2.26. The molecule has 0 atom stereocenters. The average Bonchev–Trinajstić information content (AvgIpc) is 2.39. The van der Waals surface area contributed by atoms with E-state index in [1.165, 1.54) is 31.4 Å². The molecule has 0 aromatic carbocycles. The third-order valence-corrected chi connectivity index (χ3v) is 3.96. The van der Waals surface area contributed by atoms with Crippen molar-refractivity contribution in [3.63, 3.8) is 0 Å². The normalized spacial score (nSPS) is 23.1. The van der Waals surface area contributed by atoms with E-state index in [1.807, 2.05) is 0 Å². The Balaban J connectivity index is 2.01. The summed E-state index contributed by atoms with van der Waals surface area (Å²) in [5.74, 6) is 1.32. The molecule has 0 unspecified atom stereocenters. The summed E-state index contributed by atoms with van der Waals surface area (Å²) in [6.07, 6.45) is 5.81. The second kappa shape index (κ2) is 6.19. The molecule has 1 fully saturated rings. The van der Waals surface area contributed by atoms with Crippen LogP contribution in [-0.4, -0.2) is 15.9 Å². The summed E-state index contributed by atoms with van der Waals surface area (Å²) in [4.78, 5) is 14.4. The Labute approximate surface area is 117 Å². The maximum Gasteiger partial charge on any atom is 0.276 e. The number of nitro groups is 1. The number of nitrogens with one attached hydrogen (secondary N) is 1. The highest BCUT2D eigenvalue weighted by atomic mass is 35.5. The minimum absolute atomic E-state index is 0.0234. The first-order valence-corrected chi connectivity index (χ1v) is 7.04. The summed E-state index contributed by atoms with van der Waals surface area (Å²) >= 11 is 5.80. The fourth-order valence-corrected chi connectivity index (χ4v) is 2.79. The van der Waals surface area contributed by atoms with Gasteiger partial charge in [-0.1, -0.05) is 24.9 Å². The summed E-state index contributed by atoms with van der Waals surface area (Å²) in [6, 6.07) is 3.05. The standard InChI is InChI=1S/C13H18ClN3O2/c1-2-9-3-5-10(6-4-9)15-13-8-11(17(18)19)7-12(14)16-13/h7-10H,2-6H2,1H3,(H,15,16). The van der Waals surface area contributed by atoms with E-state index in [0.29, 0.717) is 11.9 Å². The van der Waals surface area contributed by atoms with Gasteiger partial charge in [-0.15, -0.1) is 0 Å². The minimum Gasteiger partial charge on any atom is -0.367 e. The van der Waals surface area contributed by atoms with Crippen molar-refractivity contribution in [2.24, 2.45) is 5.92 Å². The number of rotatable bonds is 4. The smallest absolute Gasteiger partial charge is 0.276 e. The highest BCUT2D eigenvalue weighted by Gasteiger charge is 2.21. The lowest BCUT2D eigenvalue weighted by molar-refractivity contribution is -0.384. The molecule has 19 heavy (non-hydrogen) atoms. The largest absolute Gasteiger partial charge is 0.367 e. The molecule has 0 radical (unpaired) electrons. The van der Waals surface area contributed by atoms with Gasteiger partial charge in [0.2, 0.25) is 0 Å². The Morgan fingerprint density at radius 2 is 2.11 bits per heavy atom. The van der Waals surface area contributed by atoms with Crippen molar-refractivity contribution in [3.05, 3.63) is 27.4 Å². The first kappa shape index (κ1) is 14.1. The quantitative estimate of drug-likeness (QED) is 0.515. The molecule has 0 amide bonds. The predicted octanol–water partition coefficient (Wildman–Crippen LogP) is 4.02. The van der Waals surface area contributed by atoms with E-state index in [0.717, 1.165) is 18.8 Å². The van der Waals surface area contributed by atoms with Crippen molar-refractivity contribution >= 4 is 23.1 Å². The molecule has 0 bridgehead atoms. The molecule has 5 nitrogen and oxygen atoms in total. The van der Waals surface area contributed by atoms with Crippen LogP contribution in [0.1, 0.15) is 39.0 Å². The van der Waals surface area contributed by atoms with E-state index in [1.54, 1.807) is 0 Å². The van der Waals surface area contributed by atoms with Crippen LogP contribution in [0.25, 0.3) is 0 Å². The first-order chi connectivity index (χ1) is 9.08. The van der Waals surface area contributed by atoms with Crippen LogP contribution in [0.15, 0.2) is 12.1 Å². The number of hydrogen-bond acceptors (Lipinski definition) is 4. The maximum atomic E-state index is 10.8. The van der Waals surface area contributed by atoms with Crippen molar-refractivity contribution in [1.29, 1.82) is 0 Å². The Hall–Kier alpha value is -1.36. The van der Waals surface area contributed by atoms with Gasteiger partial charge in [0.05, 0.1) is 17.1 Å². The van der Waals surface area contributed by atoms with E-state index < -0.39 is 4.92 Å². The van der Waals surface area contributed by atoms with E-state index in [9.17, 15) is 10.1 Å². The second-order valence-electron chi connectivity index (χ2n) is 5.06. The number of aromatic nitrogens is 1. The summed E-state index contributed by atoms with van der Waals surface area (Å²) < 4.78 is 0. The zero-order valence-corrected chi connectivity index (χ0v) is 11.7. The molecule has 2 rings (SSSR count). The van der Waals surface area contributed by atoms with Gasteiger partial charge in [-0.25, -0.2) is 4.98 Å². The van der Waals surface area contributed by atoms with Gasteiger partial charge in [-0.05, 0) is 31.6 Å². The van der Waals surface area contributed by atoms with Crippen molar-refractivity contribution in [3.8, 4) is 0 Å². The molecular formula is C13H18ClN3O2. The average molecular weight is 284 g/mol. The van der Waals surface area contributed by atoms with Gasteiger partial charge in [-0.3, -0.25) is 10.1 Å². The maximum absolute atomic E-state index is 10.8. The van der Waals surface area contributed by atoms with Crippen molar-refractivity contribution in [1.82, 2.24) is 4.98 Å². The number of nitrogens with zero attached hydrogens (tertiary/aromatic N) is 2. The third-order valence-electron chi connectivity index (χ3n) is 3.77. The first-order valence-electron chi connectivity index (χ1n) is 6.67. The molecule has 0 spiro atoms. The molecule has 0 saturated heterocycles. The Bertz CT molecular complexity index is 459.